The van der Waals surface area contributed by atoms with E-state index in [9.17, 15) is 4.21 Å². The highest BCUT2D eigenvalue weighted by Gasteiger charge is 2.16. The standard InChI is InChI=1S/C14H9ClOS/c15-12-7-8-14-11(9-12)6-5-10-3-1-2-4-13(10)17(14)16/h1-9H. The van der Waals surface area contributed by atoms with E-state index < -0.39 is 10.8 Å². The SMILES string of the molecule is O=S1c2ccccc2C=Cc2cc(Cl)ccc21. The van der Waals surface area contributed by atoms with Crippen molar-refractivity contribution < 1.29 is 4.21 Å². The maximum atomic E-state index is 12.5. The van der Waals surface area contributed by atoms with Gasteiger partial charge in [-0.05, 0) is 35.4 Å². The first-order valence-corrected chi connectivity index (χ1v) is 6.77. The quantitative estimate of drug-likeness (QED) is 0.597. The van der Waals surface area contributed by atoms with Crippen LogP contribution in [0.2, 0.25) is 5.02 Å². The zero-order valence-electron chi connectivity index (χ0n) is 8.89. The van der Waals surface area contributed by atoms with Crippen LogP contribution in [0.5, 0.6) is 0 Å². The van der Waals surface area contributed by atoms with Crippen LogP contribution in [0.15, 0.2) is 52.3 Å². The van der Waals surface area contributed by atoms with E-state index in [0.29, 0.717) is 5.02 Å². The molecule has 0 fully saturated rings. The second kappa shape index (κ2) is 4.13. The Morgan fingerprint density at radius 1 is 0.882 bits per heavy atom. The van der Waals surface area contributed by atoms with E-state index in [0.717, 1.165) is 20.9 Å². The summed E-state index contributed by atoms with van der Waals surface area (Å²) in [5.41, 5.74) is 1.92. The Kier molecular flexibility index (Phi) is 2.61. The van der Waals surface area contributed by atoms with Gasteiger partial charge in [-0.2, -0.15) is 0 Å². The second-order valence-electron chi connectivity index (χ2n) is 3.82. The van der Waals surface area contributed by atoms with Gasteiger partial charge in [0.1, 0.15) is 0 Å². The molecule has 0 aliphatic carbocycles. The van der Waals surface area contributed by atoms with Crippen molar-refractivity contribution in [3.63, 3.8) is 0 Å². The highest BCUT2D eigenvalue weighted by Crippen LogP contribution is 2.30. The van der Waals surface area contributed by atoms with Gasteiger partial charge >= 0.3 is 0 Å². The third-order valence-corrected chi connectivity index (χ3v) is 4.51. The van der Waals surface area contributed by atoms with E-state index in [1.807, 2.05) is 48.6 Å². The molecule has 84 valence electrons. The average Bonchev–Trinajstić information content (AvgIpc) is 2.48. The third kappa shape index (κ3) is 1.84. The summed E-state index contributed by atoms with van der Waals surface area (Å²) >= 11 is 5.96. The normalized spacial score (nSPS) is 17.1. The third-order valence-electron chi connectivity index (χ3n) is 2.73. The maximum Gasteiger partial charge on any atom is 0.0861 e. The van der Waals surface area contributed by atoms with Crippen LogP contribution in [-0.2, 0) is 10.8 Å². The van der Waals surface area contributed by atoms with Gasteiger partial charge in [0.05, 0.1) is 20.6 Å². The van der Waals surface area contributed by atoms with Gasteiger partial charge in [0, 0.05) is 5.02 Å². The molecule has 0 spiro atoms. The summed E-state index contributed by atoms with van der Waals surface area (Å²) in [6.07, 6.45) is 3.94. The number of fused-ring (bicyclic) bond motifs is 2. The molecule has 3 heteroatoms. The van der Waals surface area contributed by atoms with Gasteiger partial charge in [0.15, 0.2) is 0 Å². The monoisotopic (exact) mass is 260 g/mol. The van der Waals surface area contributed by atoms with E-state index in [1.165, 1.54) is 0 Å². The first-order chi connectivity index (χ1) is 8.25. The summed E-state index contributed by atoms with van der Waals surface area (Å²) in [5, 5.41) is 0.663. The first kappa shape index (κ1) is 10.8. The van der Waals surface area contributed by atoms with Crippen molar-refractivity contribution in [2.45, 2.75) is 9.79 Å². The van der Waals surface area contributed by atoms with Gasteiger partial charge in [-0.1, -0.05) is 42.0 Å². The van der Waals surface area contributed by atoms with Gasteiger partial charge in [-0.3, -0.25) is 0 Å². The van der Waals surface area contributed by atoms with E-state index in [2.05, 4.69) is 0 Å². The molecular weight excluding hydrogens is 252 g/mol. The summed E-state index contributed by atoms with van der Waals surface area (Å²) in [7, 11) is -1.14. The molecule has 3 rings (SSSR count). The lowest BCUT2D eigenvalue weighted by Crippen LogP contribution is -1.95. The van der Waals surface area contributed by atoms with Crippen molar-refractivity contribution in [1.29, 1.82) is 0 Å². The molecule has 1 aliphatic rings. The maximum absolute atomic E-state index is 12.5. The molecule has 0 bridgehead atoms. The lowest BCUT2D eigenvalue weighted by molar-refractivity contribution is 0.683. The Morgan fingerprint density at radius 3 is 2.47 bits per heavy atom. The second-order valence-corrected chi connectivity index (χ2v) is 5.68. The zero-order valence-corrected chi connectivity index (χ0v) is 10.5. The van der Waals surface area contributed by atoms with Crippen LogP contribution in [0, 0.1) is 0 Å². The van der Waals surface area contributed by atoms with Crippen LogP contribution in [0.25, 0.3) is 12.2 Å². The predicted molar refractivity (Wildman–Crippen MR) is 71.5 cm³/mol. The average molecular weight is 261 g/mol. The number of halogens is 1. The Labute approximate surface area is 107 Å². The summed E-state index contributed by atoms with van der Waals surface area (Å²) in [6.45, 7) is 0. The summed E-state index contributed by atoms with van der Waals surface area (Å²) < 4.78 is 12.5. The number of hydrogen-bond donors (Lipinski definition) is 0. The van der Waals surface area contributed by atoms with Crippen LogP contribution < -0.4 is 0 Å². The van der Waals surface area contributed by atoms with Crippen LogP contribution in [0.4, 0.5) is 0 Å². The Balaban J connectivity index is 2.28. The minimum atomic E-state index is -1.14. The molecule has 0 saturated heterocycles. The number of rotatable bonds is 0. The predicted octanol–water partition coefficient (Wildman–Crippen LogP) is 3.99. The fourth-order valence-electron chi connectivity index (χ4n) is 1.90. The van der Waals surface area contributed by atoms with Crippen LogP contribution in [-0.4, -0.2) is 4.21 Å². The van der Waals surface area contributed by atoms with Crippen molar-refractivity contribution in [2.24, 2.45) is 0 Å². The minimum Gasteiger partial charge on any atom is -0.249 e. The van der Waals surface area contributed by atoms with Crippen molar-refractivity contribution in [2.75, 3.05) is 0 Å². The zero-order chi connectivity index (χ0) is 11.8. The van der Waals surface area contributed by atoms with Gasteiger partial charge in [-0.25, -0.2) is 4.21 Å². The van der Waals surface area contributed by atoms with Gasteiger partial charge in [0.25, 0.3) is 0 Å². The van der Waals surface area contributed by atoms with Crippen molar-refractivity contribution in [3.05, 3.63) is 58.6 Å². The molecule has 1 unspecified atom stereocenters. The minimum absolute atomic E-state index is 0.663. The Morgan fingerprint density at radius 2 is 1.59 bits per heavy atom. The topological polar surface area (TPSA) is 17.1 Å². The van der Waals surface area contributed by atoms with Crippen molar-refractivity contribution in [3.8, 4) is 0 Å². The molecule has 0 saturated carbocycles. The smallest absolute Gasteiger partial charge is 0.0861 e. The summed E-state index contributed by atoms with van der Waals surface area (Å²) in [4.78, 5) is 1.67. The van der Waals surface area contributed by atoms with Crippen LogP contribution in [0.1, 0.15) is 11.1 Å². The molecule has 1 aliphatic heterocycles. The molecule has 0 aromatic heterocycles. The molecule has 0 amide bonds. The highest BCUT2D eigenvalue weighted by atomic mass is 35.5. The van der Waals surface area contributed by atoms with E-state index in [1.54, 1.807) is 6.07 Å². The lowest BCUT2D eigenvalue weighted by Gasteiger charge is -2.05. The molecular formula is C14H9ClOS. The highest BCUT2D eigenvalue weighted by molar-refractivity contribution is 7.85. The fraction of sp³-hybridized carbons (Fsp3) is 0. The van der Waals surface area contributed by atoms with Gasteiger partial charge in [-0.15, -0.1) is 0 Å². The Bertz CT molecular complexity index is 646. The molecule has 0 radical (unpaired) electrons. The van der Waals surface area contributed by atoms with Crippen LogP contribution in [0.3, 0.4) is 0 Å². The Hall–Kier alpha value is -1.38. The molecule has 17 heavy (non-hydrogen) atoms. The van der Waals surface area contributed by atoms with E-state index in [-0.39, 0.29) is 0 Å². The summed E-state index contributed by atoms with van der Waals surface area (Å²) in [6, 6.07) is 13.2. The molecule has 0 N–H and O–H groups in total. The van der Waals surface area contributed by atoms with E-state index in [4.69, 9.17) is 11.6 Å². The molecule has 1 heterocycles. The van der Waals surface area contributed by atoms with E-state index >= 15 is 0 Å². The number of benzene rings is 2. The first-order valence-electron chi connectivity index (χ1n) is 5.24. The lowest BCUT2D eigenvalue weighted by atomic mass is 10.1. The molecule has 1 nitrogen and oxygen atoms in total. The molecule has 2 aromatic rings. The fourth-order valence-corrected chi connectivity index (χ4v) is 3.41. The van der Waals surface area contributed by atoms with Crippen molar-refractivity contribution in [1.82, 2.24) is 0 Å². The largest absolute Gasteiger partial charge is 0.249 e. The summed E-state index contributed by atoms with van der Waals surface area (Å²) in [5.74, 6) is 0. The number of hydrogen-bond acceptors (Lipinski definition) is 1. The van der Waals surface area contributed by atoms with Gasteiger partial charge in [0.2, 0.25) is 0 Å². The molecule has 2 aromatic carbocycles. The van der Waals surface area contributed by atoms with Gasteiger partial charge < -0.3 is 0 Å². The van der Waals surface area contributed by atoms with Crippen molar-refractivity contribution >= 4 is 34.6 Å². The molecule has 1 atom stereocenters. The van der Waals surface area contributed by atoms with Crippen LogP contribution >= 0.6 is 11.6 Å².